The van der Waals surface area contributed by atoms with Gasteiger partial charge >= 0.3 is 0 Å². The Morgan fingerprint density at radius 2 is 2.16 bits per heavy atom. The van der Waals surface area contributed by atoms with Gasteiger partial charge in [-0.2, -0.15) is 0 Å². The summed E-state index contributed by atoms with van der Waals surface area (Å²) in [6, 6.07) is 5.74. The van der Waals surface area contributed by atoms with Gasteiger partial charge in [0.05, 0.1) is 11.6 Å². The van der Waals surface area contributed by atoms with E-state index in [0.717, 1.165) is 10.6 Å². The number of rotatable bonds is 3. The number of hydrogen-bond donors (Lipinski definition) is 2. The summed E-state index contributed by atoms with van der Waals surface area (Å²) in [5.74, 6) is -0.191. The van der Waals surface area contributed by atoms with Crippen molar-refractivity contribution in [3.63, 3.8) is 0 Å². The van der Waals surface area contributed by atoms with Gasteiger partial charge in [-0.15, -0.1) is 11.3 Å². The highest BCUT2D eigenvalue weighted by Gasteiger charge is 2.15. The Labute approximate surface area is 116 Å². The van der Waals surface area contributed by atoms with Crippen LogP contribution in [0.1, 0.15) is 38.8 Å². The second-order valence-corrected chi connectivity index (χ2v) is 5.88. The summed E-state index contributed by atoms with van der Waals surface area (Å²) >= 11 is 1.68. The van der Waals surface area contributed by atoms with Crippen molar-refractivity contribution < 1.29 is 4.79 Å². The van der Waals surface area contributed by atoms with Crippen LogP contribution in [0.25, 0.3) is 0 Å². The molecule has 100 valence electrons. The number of nitrogens with zero attached hydrogens (tertiary/aromatic N) is 1. The molecule has 0 spiro atoms. The number of pyridine rings is 1. The van der Waals surface area contributed by atoms with E-state index in [1.807, 2.05) is 32.9 Å². The second kappa shape index (κ2) is 5.40. The number of aryl methyl sites for hydroxylation is 2. The molecule has 1 atom stereocenters. The van der Waals surface area contributed by atoms with E-state index in [9.17, 15) is 4.79 Å². The molecular weight excluding hydrogens is 258 g/mol. The summed E-state index contributed by atoms with van der Waals surface area (Å²) in [5.41, 5.74) is 7.52. The lowest BCUT2D eigenvalue weighted by Crippen LogP contribution is -2.27. The SMILES string of the molecule is Cc1cc(N)c(C(=O)NC(C)c2ccc(C)s2)cn1. The monoisotopic (exact) mass is 275 g/mol. The molecule has 2 rings (SSSR count). The van der Waals surface area contributed by atoms with Crippen molar-refractivity contribution in [3.8, 4) is 0 Å². The number of nitrogens with two attached hydrogens (primary N) is 1. The van der Waals surface area contributed by atoms with Crippen molar-refractivity contribution in [3.05, 3.63) is 45.4 Å². The predicted molar refractivity (Wildman–Crippen MR) is 78.3 cm³/mol. The molecule has 0 aliphatic heterocycles. The number of nitrogens with one attached hydrogen (secondary N) is 1. The molecular formula is C14H17N3OS. The quantitative estimate of drug-likeness (QED) is 0.905. The Hall–Kier alpha value is -1.88. The first-order chi connectivity index (χ1) is 8.97. The van der Waals surface area contributed by atoms with Crippen molar-refractivity contribution in [2.75, 3.05) is 5.73 Å². The molecule has 0 aliphatic rings. The first-order valence-corrected chi connectivity index (χ1v) is 6.88. The maximum atomic E-state index is 12.1. The molecule has 0 saturated carbocycles. The zero-order valence-corrected chi connectivity index (χ0v) is 12.0. The molecule has 0 fully saturated rings. The van der Waals surface area contributed by atoms with E-state index >= 15 is 0 Å². The van der Waals surface area contributed by atoms with Crippen LogP contribution < -0.4 is 11.1 Å². The Morgan fingerprint density at radius 3 is 2.74 bits per heavy atom. The van der Waals surface area contributed by atoms with Crippen LogP contribution in [0.2, 0.25) is 0 Å². The minimum Gasteiger partial charge on any atom is -0.398 e. The number of aromatic nitrogens is 1. The number of carbonyl (C=O) groups is 1. The summed E-state index contributed by atoms with van der Waals surface area (Å²) in [5, 5.41) is 2.94. The molecule has 0 radical (unpaired) electrons. The van der Waals surface area contributed by atoms with Crippen molar-refractivity contribution in [1.82, 2.24) is 10.3 Å². The van der Waals surface area contributed by atoms with Crippen LogP contribution in [0, 0.1) is 13.8 Å². The lowest BCUT2D eigenvalue weighted by molar-refractivity contribution is 0.0941. The molecule has 1 unspecified atom stereocenters. The molecule has 5 heteroatoms. The number of amides is 1. The molecule has 0 aliphatic carbocycles. The molecule has 2 aromatic rings. The number of nitrogen functional groups attached to an aromatic ring is 1. The fourth-order valence-electron chi connectivity index (χ4n) is 1.80. The van der Waals surface area contributed by atoms with E-state index in [2.05, 4.69) is 10.3 Å². The van der Waals surface area contributed by atoms with Crippen molar-refractivity contribution in [2.45, 2.75) is 26.8 Å². The predicted octanol–water partition coefficient (Wildman–Crippen LogP) is 2.83. The highest BCUT2D eigenvalue weighted by molar-refractivity contribution is 7.12. The van der Waals surface area contributed by atoms with Gasteiger partial charge in [0.2, 0.25) is 0 Å². The van der Waals surface area contributed by atoms with Crippen LogP contribution in [-0.4, -0.2) is 10.9 Å². The molecule has 1 amide bonds. The number of thiophene rings is 1. The maximum absolute atomic E-state index is 12.1. The summed E-state index contributed by atoms with van der Waals surface area (Å²) in [6.07, 6.45) is 1.52. The third-order valence-corrected chi connectivity index (χ3v) is 4.04. The van der Waals surface area contributed by atoms with Crippen molar-refractivity contribution in [2.24, 2.45) is 0 Å². The van der Waals surface area contributed by atoms with Gasteiger partial charge in [0.25, 0.3) is 5.91 Å². The third kappa shape index (κ3) is 3.12. The second-order valence-electron chi connectivity index (χ2n) is 4.56. The van der Waals surface area contributed by atoms with E-state index < -0.39 is 0 Å². The van der Waals surface area contributed by atoms with Crippen LogP contribution in [0.3, 0.4) is 0 Å². The highest BCUT2D eigenvalue weighted by atomic mass is 32.1. The minimum atomic E-state index is -0.191. The lowest BCUT2D eigenvalue weighted by atomic mass is 10.2. The summed E-state index contributed by atoms with van der Waals surface area (Å²) in [6.45, 7) is 5.85. The molecule has 2 heterocycles. The number of carbonyl (C=O) groups excluding carboxylic acids is 1. The van der Waals surface area contributed by atoms with E-state index in [-0.39, 0.29) is 11.9 Å². The fraction of sp³-hybridized carbons (Fsp3) is 0.286. The third-order valence-electron chi connectivity index (χ3n) is 2.85. The van der Waals surface area contributed by atoms with E-state index in [1.165, 1.54) is 11.1 Å². The Balaban J connectivity index is 2.12. The molecule has 3 N–H and O–H groups in total. The van der Waals surface area contributed by atoms with Gasteiger partial charge in [0.15, 0.2) is 0 Å². The summed E-state index contributed by atoms with van der Waals surface area (Å²) < 4.78 is 0. The van der Waals surface area contributed by atoms with Crippen LogP contribution in [0.4, 0.5) is 5.69 Å². The summed E-state index contributed by atoms with van der Waals surface area (Å²) in [7, 11) is 0. The van der Waals surface area contributed by atoms with E-state index in [1.54, 1.807) is 17.4 Å². The van der Waals surface area contributed by atoms with Gasteiger partial charge in [-0.05, 0) is 39.0 Å². The van der Waals surface area contributed by atoms with E-state index in [0.29, 0.717) is 11.3 Å². The Bertz CT molecular complexity index is 606. The van der Waals surface area contributed by atoms with Crippen LogP contribution in [0.15, 0.2) is 24.4 Å². The number of hydrogen-bond acceptors (Lipinski definition) is 4. The van der Waals surface area contributed by atoms with Gasteiger partial charge in [-0.3, -0.25) is 9.78 Å². The average Bonchev–Trinajstić information content (AvgIpc) is 2.75. The zero-order chi connectivity index (χ0) is 14.0. The zero-order valence-electron chi connectivity index (χ0n) is 11.2. The average molecular weight is 275 g/mol. The molecule has 19 heavy (non-hydrogen) atoms. The van der Waals surface area contributed by atoms with E-state index in [4.69, 9.17) is 5.73 Å². The molecule has 0 aromatic carbocycles. The minimum absolute atomic E-state index is 0.0353. The van der Waals surface area contributed by atoms with Crippen LogP contribution >= 0.6 is 11.3 Å². The van der Waals surface area contributed by atoms with Crippen LogP contribution in [-0.2, 0) is 0 Å². The smallest absolute Gasteiger partial charge is 0.255 e. The maximum Gasteiger partial charge on any atom is 0.255 e. The highest BCUT2D eigenvalue weighted by Crippen LogP contribution is 2.23. The topological polar surface area (TPSA) is 68.0 Å². The number of anilines is 1. The van der Waals surface area contributed by atoms with Gasteiger partial charge in [0.1, 0.15) is 0 Å². The molecule has 2 aromatic heterocycles. The van der Waals surface area contributed by atoms with Gasteiger partial charge in [-0.1, -0.05) is 0 Å². The Morgan fingerprint density at radius 1 is 1.42 bits per heavy atom. The van der Waals surface area contributed by atoms with Gasteiger partial charge < -0.3 is 11.1 Å². The molecule has 0 saturated heterocycles. The van der Waals surface area contributed by atoms with Crippen LogP contribution in [0.5, 0.6) is 0 Å². The van der Waals surface area contributed by atoms with Gasteiger partial charge in [0, 0.05) is 27.3 Å². The first-order valence-electron chi connectivity index (χ1n) is 6.06. The normalized spacial score (nSPS) is 12.2. The largest absolute Gasteiger partial charge is 0.398 e. The molecule has 4 nitrogen and oxygen atoms in total. The Kier molecular flexibility index (Phi) is 3.85. The fourth-order valence-corrected chi connectivity index (χ4v) is 2.68. The standard InChI is InChI=1S/C14H17N3OS/c1-8-6-12(15)11(7-16-8)14(18)17-10(3)13-5-4-9(2)19-13/h4-7,10H,1-3H3,(H2,15,16)(H,17,18). The van der Waals surface area contributed by atoms with Crippen molar-refractivity contribution in [1.29, 1.82) is 0 Å². The summed E-state index contributed by atoms with van der Waals surface area (Å²) in [4.78, 5) is 18.6. The first kappa shape index (κ1) is 13.5. The lowest BCUT2D eigenvalue weighted by Gasteiger charge is -2.13. The van der Waals surface area contributed by atoms with Gasteiger partial charge in [-0.25, -0.2) is 0 Å². The molecule has 0 bridgehead atoms. The van der Waals surface area contributed by atoms with Crippen molar-refractivity contribution >= 4 is 22.9 Å².